The molecule has 1 heterocycles. The van der Waals surface area contributed by atoms with E-state index < -0.39 is 0 Å². The molecule has 2 fully saturated rings. The average molecular weight is 167 g/mol. The number of nitrogens with zero attached hydrogens (tertiary/aromatic N) is 1. The molecule has 70 valence electrons. The Morgan fingerprint density at radius 1 is 1.08 bits per heavy atom. The van der Waals surface area contributed by atoms with Gasteiger partial charge in [0, 0.05) is 18.6 Å². The van der Waals surface area contributed by atoms with Crippen LogP contribution in [-0.2, 0) is 0 Å². The summed E-state index contributed by atoms with van der Waals surface area (Å²) in [5.74, 6) is 0. The van der Waals surface area contributed by atoms with Crippen molar-refractivity contribution in [2.75, 3.05) is 6.54 Å². The van der Waals surface area contributed by atoms with E-state index in [-0.39, 0.29) is 0 Å². The maximum absolute atomic E-state index is 2.76. The summed E-state index contributed by atoms with van der Waals surface area (Å²) in [7, 11) is 0. The minimum atomic E-state index is 0.952. The van der Waals surface area contributed by atoms with Crippen LogP contribution in [0, 0.1) is 0 Å². The lowest BCUT2D eigenvalue weighted by Gasteiger charge is -2.47. The highest BCUT2D eigenvalue weighted by Gasteiger charge is 2.32. The topological polar surface area (TPSA) is 3.24 Å². The first kappa shape index (κ1) is 8.55. The molecule has 0 bridgehead atoms. The van der Waals surface area contributed by atoms with Crippen molar-refractivity contribution in [3.63, 3.8) is 0 Å². The van der Waals surface area contributed by atoms with Crippen LogP contribution in [-0.4, -0.2) is 23.5 Å². The molecule has 0 N–H and O–H groups in total. The molecule has 1 unspecified atom stereocenters. The summed E-state index contributed by atoms with van der Waals surface area (Å²) in [4.78, 5) is 2.76. The van der Waals surface area contributed by atoms with E-state index >= 15 is 0 Å². The fourth-order valence-electron chi connectivity index (χ4n) is 2.79. The van der Waals surface area contributed by atoms with E-state index in [9.17, 15) is 0 Å². The van der Waals surface area contributed by atoms with Gasteiger partial charge < -0.3 is 0 Å². The molecule has 1 heteroatoms. The number of rotatable bonds is 2. The van der Waals surface area contributed by atoms with Crippen molar-refractivity contribution in [2.45, 2.75) is 64.0 Å². The van der Waals surface area contributed by atoms with Crippen LogP contribution in [0.2, 0.25) is 0 Å². The highest BCUT2D eigenvalue weighted by Crippen LogP contribution is 2.30. The van der Waals surface area contributed by atoms with E-state index in [1.54, 1.807) is 0 Å². The Bertz CT molecular complexity index is 136. The Morgan fingerprint density at radius 2 is 1.83 bits per heavy atom. The minimum absolute atomic E-state index is 0.952. The van der Waals surface area contributed by atoms with E-state index in [0.29, 0.717) is 0 Å². The monoisotopic (exact) mass is 167 g/mol. The van der Waals surface area contributed by atoms with Crippen molar-refractivity contribution in [3.05, 3.63) is 0 Å². The molecule has 1 saturated carbocycles. The first-order valence-electron chi connectivity index (χ1n) is 5.67. The van der Waals surface area contributed by atoms with Gasteiger partial charge in [-0.15, -0.1) is 0 Å². The van der Waals surface area contributed by atoms with Crippen molar-refractivity contribution in [3.8, 4) is 0 Å². The summed E-state index contributed by atoms with van der Waals surface area (Å²) in [5, 5.41) is 0. The van der Waals surface area contributed by atoms with Crippen molar-refractivity contribution in [2.24, 2.45) is 0 Å². The second kappa shape index (κ2) is 3.78. The van der Waals surface area contributed by atoms with Gasteiger partial charge in [-0.1, -0.05) is 26.2 Å². The fourth-order valence-corrected chi connectivity index (χ4v) is 2.79. The van der Waals surface area contributed by atoms with Crippen molar-refractivity contribution >= 4 is 0 Å². The molecule has 0 aromatic carbocycles. The van der Waals surface area contributed by atoms with Crippen LogP contribution in [0.25, 0.3) is 0 Å². The lowest BCUT2D eigenvalue weighted by atomic mass is 9.88. The molecule has 1 aliphatic carbocycles. The largest absolute Gasteiger partial charge is 0.297 e. The zero-order chi connectivity index (χ0) is 8.39. The van der Waals surface area contributed by atoms with Gasteiger partial charge >= 0.3 is 0 Å². The van der Waals surface area contributed by atoms with Gasteiger partial charge in [0.1, 0.15) is 0 Å². The van der Waals surface area contributed by atoms with Crippen LogP contribution in [0.5, 0.6) is 0 Å². The van der Waals surface area contributed by atoms with Gasteiger partial charge in [0.2, 0.25) is 0 Å². The molecule has 0 amide bonds. The molecule has 1 atom stereocenters. The van der Waals surface area contributed by atoms with E-state index in [4.69, 9.17) is 0 Å². The van der Waals surface area contributed by atoms with E-state index in [2.05, 4.69) is 11.8 Å². The third kappa shape index (κ3) is 1.52. The van der Waals surface area contributed by atoms with Crippen molar-refractivity contribution in [1.29, 1.82) is 0 Å². The highest BCUT2D eigenvalue weighted by atomic mass is 15.2. The lowest BCUT2D eigenvalue weighted by Crippen LogP contribution is -2.53. The highest BCUT2D eigenvalue weighted by molar-refractivity contribution is 4.88. The second-order valence-electron chi connectivity index (χ2n) is 4.38. The Kier molecular flexibility index (Phi) is 2.69. The molecule has 0 radical (unpaired) electrons. The second-order valence-corrected chi connectivity index (χ2v) is 4.38. The Morgan fingerprint density at radius 3 is 2.33 bits per heavy atom. The Balaban J connectivity index is 1.82. The van der Waals surface area contributed by atoms with Crippen LogP contribution in [0.4, 0.5) is 0 Å². The predicted octanol–water partition coefficient (Wildman–Crippen LogP) is 2.80. The molecule has 0 aromatic heterocycles. The maximum atomic E-state index is 2.76. The van der Waals surface area contributed by atoms with Gasteiger partial charge in [-0.05, 0) is 25.7 Å². The third-order valence-electron chi connectivity index (χ3n) is 3.70. The van der Waals surface area contributed by atoms with Gasteiger partial charge in [0.25, 0.3) is 0 Å². The Labute approximate surface area is 76.1 Å². The van der Waals surface area contributed by atoms with E-state index in [0.717, 1.165) is 12.1 Å². The zero-order valence-corrected chi connectivity index (χ0v) is 8.26. The van der Waals surface area contributed by atoms with Crippen LogP contribution < -0.4 is 0 Å². The fraction of sp³-hybridized carbons (Fsp3) is 1.00. The summed E-state index contributed by atoms with van der Waals surface area (Å²) < 4.78 is 0. The van der Waals surface area contributed by atoms with Gasteiger partial charge in [0.05, 0.1) is 0 Å². The van der Waals surface area contributed by atoms with E-state index in [1.807, 2.05) is 0 Å². The van der Waals surface area contributed by atoms with Gasteiger partial charge in [-0.2, -0.15) is 0 Å². The normalized spacial score (nSPS) is 33.2. The summed E-state index contributed by atoms with van der Waals surface area (Å²) >= 11 is 0. The smallest absolute Gasteiger partial charge is 0.0108 e. The van der Waals surface area contributed by atoms with Crippen LogP contribution >= 0.6 is 0 Å². The van der Waals surface area contributed by atoms with Gasteiger partial charge in [0.15, 0.2) is 0 Å². The predicted molar refractivity (Wildman–Crippen MR) is 52.3 cm³/mol. The standard InChI is InChI=1S/C11H21N/c1-2-10-8-9-12(10)11-6-4-3-5-7-11/h10-11H,2-9H2,1H3. The maximum Gasteiger partial charge on any atom is 0.0108 e. The molecule has 2 aliphatic rings. The Hall–Kier alpha value is -0.0400. The first-order chi connectivity index (χ1) is 5.92. The third-order valence-corrected chi connectivity index (χ3v) is 3.70. The van der Waals surface area contributed by atoms with Crippen molar-refractivity contribution in [1.82, 2.24) is 4.90 Å². The average Bonchev–Trinajstić information content (AvgIpc) is 2.05. The summed E-state index contributed by atoms with van der Waals surface area (Å²) in [6, 6.07) is 1.92. The van der Waals surface area contributed by atoms with E-state index in [1.165, 1.54) is 51.5 Å². The number of hydrogen-bond donors (Lipinski definition) is 0. The lowest BCUT2D eigenvalue weighted by molar-refractivity contribution is 0.0220. The molecule has 1 saturated heterocycles. The van der Waals surface area contributed by atoms with Gasteiger partial charge in [-0.3, -0.25) is 4.90 Å². The quantitative estimate of drug-likeness (QED) is 0.611. The number of hydrogen-bond acceptors (Lipinski definition) is 1. The molecule has 1 aliphatic heterocycles. The molecule has 1 nitrogen and oxygen atoms in total. The SMILES string of the molecule is CCC1CCN1C1CCCCC1. The molecule has 0 aromatic rings. The van der Waals surface area contributed by atoms with Gasteiger partial charge in [-0.25, -0.2) is 0 Å². The first-order valence-corrected chi connectivity index (χ1v) is 5.67. The number of likely N-dealkylation sites (tertiary alicyclic amines) is 1. The molecular weight excluding hydrogens is 146 g/mol. The summed E-state index contributed by atoms with van der Waals surface area (Å²) in [6.45, 7) is 3.73. The van der Waals surface area contributed by atoms with Crippen LogP contribution in [0.15, 0.2) is 0 Å². The molecule has 0 spiro atoms. The summed E-state index contributed by atoms with van der Waals surface area (Å²) in [6.07, 6.45) is 10.3. The van der Waals surface area contributed by atoms with Crippen LogP contribution in [0.1, 0.15) is 51.9 Å². The van der Waals surface area contributed by atoms with Crippen molar-refractivity contribution < 1.29 is 0 Å². The molecular formula is C11H21N. The molecule has 2 rings (SSSR count). The molecule has 12 heavy (non-hydrogen) atoms. The summed E-state index contributed by atoms with van der Waals surface area (Å²) in [5.41, 5.74) is 0. The minimum Gasteiger partial charge on any atom is -0.297 e. The zero-order valence-electron chi connectivity index (χ0n) is 8.26. The van der Waals surface area contributed by atoms with Crippen LogP contribution in [0.3, 0.4) is 0 Å².